The SMILES string of the molecule is Ic1cncc(C2CCNCC2)c1. The zero-order valence-corrected chi connectivity index (χ0v) is 9.62. The van der Waals surface area contributed by atoms with Crippen LogP contribution in [0.15, 0.2) is 18.5 Å². The molecule has 2 nitrogen and oxygen atoms in total. The van der Waals surface area contributed by atoms with E-state index in [0.29, 0.717) is 0 Å². The Hall–Kier alpha value is -0.160. The molecule has 0 spiro atoms. The fourth-order valence-corrected chi connectivity index (χ4v) is 2.33. The van der Waals surface area contributed by atoms with Crippen LogP contribution in [0, 0.1) is 3.57 Å². The van der Waals surface area contributed by atoms with Gasteiger partial charge in [-0.25, -0.2) is 0 Å². The number of rotatable bonds is 1. The molecule has 13 heavy (non-hydrogen) atoms. The zero-order valence-electron chi connectivity index (χ0n) is 7.46. The van der Waals surface area contributed by atoms with Gasteiger partial charge in [0.25, 0.3) is 0 Å². The molecule has 1 aromatic heterocycles. The number of nitrogens with zero attached hydrogens (tertiary/aromatic N) is 1. The van der Waals surface area contributed by atoms with Crippen molar-refractivity contribution in [3.05, 3.63) is 27.6 Å². The Labute approximate surface area is 92.3 Å². The predicted molar refractivity (Wildman–Crippen MR) is 61.8 cm³/mol. The highest BCUT2D eigenvalue weighted by Crippen LogP contribution is 2.25. The summed E-state index contributed by atoms with van der Waals surface area (Å²) in [7, 11) is 0. The smallest absolute Gasteiger partial charge is 0.0401 e. The molecule has 2 heterocycles. The Bertz CT molecular complexity index is 282. The Morgan fingerprint density at radius 1 is 1.31 bits per heavy atom. The van der Waals surface area contributed by atoms with Crippen molar-refractivity contribution in [2.24, 2.45) is 0 Å². The van der Waals surface area contributed by atoms with Crippen LogP contribution in [0.3, 0.4) is 0 Å². The Morgan fingerprint density at radius 2 is 2.08 bits per heavy atom. The van der Waals surface area contributed by atoms with Gasteiger partial charge in [-0.2, -0.15) is 0 Å². The van der Waals surface area contributed by atoms with Gasteiger partial charge in [0.2, 0.25) is 0 Å². The van der Waals surface area contributed by atoms with Crippen molar-refractivity contribution in [2.75, 3.05) is 13.1 Å². The van der Waals surface area contributed by atoms with Gasteiger partial charge in [0, 0.05) is 16.0 Å². The maximum atomic E-state index is 4.23. The molecular formula is C10H13IN2. The van der Waals surface area contributed by atoms with Crippen LogP contribution in [-0.4, -0.2) is 18.1 Å². The van der Waals surface area contributed by atoms with Crippen molar-refractivity contribution in [1.82, 2.24) is 10.3 Å². The second-order valence-electron chi connectivity index (χ2n) is 3.46. The standard InChI is InChI=1S/C10H13IN2/c11-10-5-9(6-13-7-10)8-1-3-12-4-2-8/h5-8,12H,1-4H2. The van der Waals surface area contributed by atoms with Gasteiger partial charge in [-0.15, -0.1) is 0 Å². The maximum Gasteiger partial charge on any atom is 0.0401 e. The molecule has 0 saturated carbocycles. The second kappa shape index (κ2) is 4.37. The van der Waals surface area contributed by atoms with E-state index in [4.69, 9.17) is 0 Å². The van der Waals surface area contributed by atoms with E-state index in [1.807, 2.05) is 12.4 Å². The molecule has 1 saturated heterocycles. The summed E-state index contributed by atoms with van der Waals surface area (Å²) in [6.45, 7) is 2.30. The summed E-state index contributed by atoms with van der Waals surface area (Å²) < 4.78 is 1.24. The fourth-order valence-electron chi connectivity index (χ4n) is 1.81. The number of aromatic nitrogens is 1. The Morgan fingerprint density at radius 3 is 2.77 bits per heavy atom. The van der Waals surface area contributed by atoms with Crippen molar-refractivity contribution in [3.63, 3.8) is 0 Å². The van der Waals surface area contributed by atoms with Gasteiger partial charge in [0.1, 0.15) is 0 Å². The van der Waals surface area contributed by atoms with Crippen LogP contribution in [-0.2, 0) is 0 Å². The molecule has 1 aliphatic rings. The molecule has 0 radical (unpaired) electrons. The van der Waals surface area contributed by atoms with Gasteiger partial charge in [-0.1, -0.05) is 0 Å². The van der Waals surface area contributed by atoms with E-state index in [1.165, 1.54) is 22.0 Å². The third-order valence-corrected chi connectivity index (χ3v) is 3.13. The summed E-state index contributed by atoms with van der Waals surface area (Å²) in [4.78, 5) is 4.23. The van der Waals surface area contributed by atoms with Gasteiger partial charge in [0.05, 0.1) is 0 Å². The van der Waals surface area contributed by atoms with Crippen molar-refractivity contribution in [1.29, 1.82) is 0 Å². The van der Waals surface area contributed by atoms with Crippen molar-refractivity contribution in [3.8, 4) is 0 Å². The average molecular weight is 288 g/mol. The van der Waals surface area contributed by atoms with Gasteiger partial charge in [-0.3, -0.25) is 4.98 Å². The molecule has 0 amide bonds. The highest BCUT2D eigenvalue weighted by molar-refractivity contribution is 14.1. The monoisotopic (exact) mass is 288 g/mol. The predicted octanol–water partition coefficient (Wildman–Crippen LogP) is 2.15. The lowest BCUT2D eigenvalue weighted by Gasteiger charge is -2.22. The van der Waals surface area contributed by atoms with Gasteiger partial charge in [0.15, 0.2) is 0 Å². The van der Waals surface area contributed by atoms with Crippen molar-refractivity contribution < 1.29 is 0 Å². The Balaban J connectivity index is 2.14. The highest BCUT2D eigenvalue weighted by Gasteiger charge is 2.15. The average Bonchev–Trinajstić information content (AvgIpc) is 2.19. The number of pyridine rings is 1. The lowest BCUT2D eigenvalue weighted by atomic mass is 9.91. The largest absolute Gasteiger partial charge is 0.317 e. The van der Waals surface area contributed by atoms with Gasteiger partial charge >= 0.3 is 0 Å². The quantitative estimate of drug-likeness (QED) is 0.801. The minimum absolute atomic E-state index is 0.725. The molecule has 1 fully saturated rings. The van der Waals surface area contributed by atoms with E-state index >= 15 is 0 Å². The number of hydrogen-bond donors (Lipinski definition) is 1. The Kier molecular flexibility index (Phi) is 3.16. The molecule has 0 aliphatic carbocycles. The minimum atomic E-state index is 0.725. The molecule has 1 aromatic rings. The van der Waals surface area contributed by atoms with E-state index in [2.05, 4.69) is 39.0 Å². The molecular weight excluding hydrogens is 275 g/mol. The topological polar surface area (TPSA) is 24.9 Å². The first kappa shape index (κ1) is 9.40. The first-order valence-corrected chi connectivity index (χ1v) is 5.75. The van der Waals surface area contributed by atoms with Crippen LogP contribution in [0.25, 0.3) is 0 Å². The molecule has 1 N–H and O–H groups in total. The third-order valence-electron chi connectivity index (χ3n) is 2.54. The van der Waals surface area contributed by atoms with Crippen LogP contribution < -0.4 is 5.32 Å². The normalized spacial score (nSPS) is 18.8. The lowest BCUT2D eigenvalue weighted by Crippen LogP contribution is -2.26. The van der Waals surface area contributed by atoms with Crippen LogP contribution in [0.2, 0.25) is 0 Å². The summed E-state index contributed by atoms with van der Waals surface area (Å²) in [5, 5.41) is 3.38. The van der Waals surface area contributed by atoms with Crippen molar-refractivity contribution >= 4 is 22.6 Å². The van der Waals surface area contributed by atoms with Crippen molar-refractivity contribution in [2.45, 2.75) is 18.8 Å². The minimum Gasteiger partial charge on any atom is -0.317 e. The summed E-state index contributed by atoms with van der Waals surface area (Å²) in [6, 6.07) is 2.25. The first-order valence-electron chi connectivity index (χ1n) is 4.67. The zero-order chi connectivity index (χ0) is 9.10. The number of nitrogens with one attached hydrogen (secondary N) is 1. The molecule has 0 aromatic carbocycles. The van der Waals surface area contributed by atoms with Gasteiger partial charge < -0.3 is 5.32 Å². The number of hydrogen-bond acceptors (Lipinski definition) is 2. The summed E-state index contributed by atoms with van der Waals surface area (Å²) >= 11 is 2.32. The van der Waals surface area contributed by atoms with E-state index < -0.39 is 0 Å². The van der Waals surface area contributed by atoms with Crippen LogP contribution in [0.5, 0.6) is 0 Å². The lowest BCUT2D eigenvalue weighted by molar-refractivity contribution is 0.459. The second-order valence-corrected chi connectivity index (χ2v) is 4.71. The third kappa shape index (κ3) is 2.40. The summed E-state index contributed by atoms with van der Waals surface area (Å²) in [6.07, 6.45) is 6.42. The van der Waals surface area contributed by atoms with Crippen LogP contribution in [0.4, 0.5) is 0 Å². The van der Waals surface area contributed by atoms with E-state index in [1.54, 1.807) is 0 Å². The van der Waals surface area contributed by atoms with E-state index in [-0.39, 0.29) is 0 Å². The molecule has 2 rings (SSSR count). The summed E-state index contributed by atoms with van der Waals surface area (Å²) in [5.41, 5.74) is 1.41. The molecule has 0 bridgehead atoms. The van der Waals surface area contributed by atoms with Crippen LogP contribution in [0.1, 0.15) is 24.3 Å². The maximum absolute atomic E-state index is 4.23. The van der Waals surface area contributed by atoms with E-state index in [9.17, 15) is 0 Å². The summed E-state index contributed by atoms with van der Waals surface area (Å²) in [5.74, 6) is 0.725. The van der Waals surface area contributed by atoms with Crippen LogP contribution >= 0.6 is 22.6 Å². The highest BCUT2D eigenvalue weighted by atomic mass is 127. The number of piperidine rings is 1. The number of halogens is 1. The molecule has 1 aliphatic heterocycles. The molecule has 70 valence electrons. The fraction of sp³-hybridized carbons (Fsp3) is 0.500. The van der Waals surface area contributed by atoms with Gasteiger partial charge in [-0.05, 0) is 66.1 Å². The first-order chi connectivity index (χ1) is 6.36. The molecule has 0 atom stereocenters. The molecule has 0 unspecified atom stereocenters. The molecule has 3 heteroatoms. The van der Waals surface area contributed by atoms with E-state index in [0.717, 1.165) is 19.0 Å².